The minimum absolute atomic E-state index is 0.486. The SMILES string of the molecule is CCn1c(CC(O)c2sccc2OC)nc2ccccc21. The number of thiophene rings is 1. The number of fused-ring (bicyclic) bond motifs is 1. The zero-order valence-corrected chi connectivity index (χ0v) is 12.9. The summed E-state index contributed by atoms with van der Waals surface area (Å²) in [5, 5.41) is 12.4. The van der Waals surface area contributed by atoms with Crippen LogP contribution in [0, 0.1) is 0 Å². The number of aryl methyl sites for hydroxylation is 1. The Morgan fingerprint density at radius 1 is 1.33 bits per heavy atom. The van der Waals surface area contributed by atoms with Gasteiger partial charge in [0, 0.05) is 13.0 Å². The summed E-state index contributed by atoms with van der Waals surface area (Å²) in [4.78, 5) is 5.51. The molecule has 110 valence electrons. The zero-order valence-electron chi connectivity index (χ0n) is 12.1. The van der Waals surface area contributed by atoms with Crippen molar-refractivity contribution < 1.29 is 9.84 Å². The van der Waals surface area contributed by atoms with Crippen LogP contribution < -0.4 is 4.74 Å². The van der Waals surface area contributed by atoms with Gasteiger partial charge >= 0.3 is 0 Å². The van der Waals surface area contributed by atoms with Crippen LogP contribution in [-0.4, -0.2) is 21.8 Å². The largest absolute Gasteiger partial charge is 0.495 e. The molecule has 0 saturated carbocycles. The van der Waals surface area contributed by atoms with Gasteiger partial charge in [-0.1, -0.05) is 12.1 Å². The Labute approximate surface area is 127 Å². The first-order valence-corrected chi connectivity index (χ1v) is 7.86. The molecule has 0 bridgehead atoms. The van der Waals surface area contributed by atoms with E-state index < -0.39 is 6.10 Å². The van der Waals surface area contributed by atoms with E-state index in [0.29, 0.717) is 6.42 Å². The fourth-order valence-corrected chi connectivity index (χ4v) is 3.47. The molecule has 0 saturated heterocycles. The molecule has 1 unspecified atom stereocenters. The van der Waals surface area contributed by atoms with Crippen molar-refractivity contribution in [1.29, 1.82) is 0 Å². The standard InChI is InChI=1S/C16H18N2O2S/c1-3-18-12-7-5-4-6-11(12)17-15(18)10-13(19)16-14(20-2)8-9-21-16/h4-9,13,19H,3,10H2,1-2H3. The molecule has 5 heteroatoms. The van der Waals surface area contributed by atoms with Crippen LogP contribution >= 0.6 is 11.3 Å². The van der Waals surface area contributed by atoms with Crippen LogP contribution in [0.4, 0.5) is 0 Å². The number of aliphatic hydroxyl groups is 1. The second kappa shape index (κ2) is 5.87. The van der Waals surface area contributed by atoms with Crippen molar-refractivity contribution in [3.8, 4) is 5.75 Å². The highest BCUT2D eigenvalue weighted by Crippen LogP contribution is 2.33. The lowest BCUT2D eigenvalue weighted by molar-refractivity contribution is 0.174. The molecule has 0 aliphatic carbocycles. The van der Waals surface area contributed by atoms with Gasteiger partial charge in [0.15, 0.2) is 0 Å². The summed E-state index contributed by atoms with van der Waals surface area (Å²) in [7, 11) is 1.62. The van der Waals surface area contributed by atoms with E-state index in [9.17, 15) is 5.11 Å². The van der Waals surface area contributed by atoms with E-state index in [1.54, 1.807) is 7.11 Å². The van der Waals surface area contributed by atoms with Gasteiger partial charge in [-0.25, -0.2) is 4.98 Å². The number of hydrogen-bond donors (Lipinski definition) is 1. The van der Waals surface area contributed by atoms with Crippen molar-refractivity contribution in [2.45, 2.75) is 26.0 Å². The molecule has 1 aromatic carbocycles. The van der Waals surface area contributed by atoms with Gasteiger partial charge in [-0.05, 0) is 30.5 Å². The summed E-state index contributed by atoms with van der Waals surface area (Å²) in [5.41, 5.74) is 2.08. The molecule has 0 spiro atoms. The van der Waals surface area contributed by atoms with E-state index in [0.717, 1.165) is 34.0 Å². The van der Waals surface area contributed by atoms with Gasteiger partial charge in [0.25, 0.3) is 0 Å². The normalized spacial score (nSPS) is 12.7. The van der Waals surface area contributed by atoms with Gasteiger partial charge in [0.1, 0.15) is 11.6 Å². The average Bonchev–Trinajstić information content (AvgIpc) is 3.10. The van der Waals surface area contributed by atoms with E-state index in [1.807, 2.05) is 29.6 Å². The Morgan fingerprint density at radius 2 is 2.14 bits per heavy atom. The Bertz CT molecular complexity index is 748. The number of imidazole rings is 1. The summed E-state index contributed by atoms with van der Waals surface area (Å²) >= 11 is 1.51. The number of aliphatic hydroxyl groups excluding tert-OH is 1. The van der Waals surface area contributed by atoms with Crippen LogP contribution in [-0.2, 0) is 13.0 Å². The Hall–Kier alpha value is -1.85. The number of benzene rings is 1. The lowest BCUT2D eigenvalue weighted by atomic mass is 10.2. The Kier molecular flexibility index (Phi) is 3.94. The van der Waals surface area contributed by atoms with Crippen molar-refractivity contribution in [2.75, 3.05) is 7.11 Å². The van der Waals surface area contributed by atoms with E-state index in [-0.39, 0.29) is 0 Å². The third-order valence-electron chi connectivity index (χ3n) is 3.61. The molecule has 0 amide bonds. The van der Waals surface area contributed by atoms with Gasteiger partial charge in [-0.15, -0.1) is 11.3 Å². The molecule has 21 heavy (non-hydrogen) atoms. The molecule has 0 aliphatic heterocycles. The third-order valence-corrected chi connectivity index (χ3v) is 4.60. The highest BCUT2D eigenvalue weighted by Gasteiger charge is 2.19. The number of rotatable bonds is 5. The maximum Gasteiger partial charge on any atom is 0.135 e. The van der Waals surface area contributed by atoms with Gasteiger partial charge in [0.05, 0.1) is 29.1 Å². The fourth-order valence-electron chi connectivity index (χ4n) is 2.62. The Morgan fingerprint density at radius 3 is 2.90 bits per heavy atom. The zero-order chi connectivity index (χ0) is 14.8. The molecule has 1 N–H and O–H groups in total. The molecule has 1 atom stereocenters. The summed E-state index contributed by atoms with van der Waals surface area (Å²) in [5.74, 6) is 1.65. The summed E-state index contributed by atoms with van der Waals surface area (Å²) in [6, 6.07) is 9.94. The maximum absolute atomic E-state index is 10.5. The molecule has 2 aromatic heterocycles. The summed E-state index contributed by atoms with van der Waals surface area (Å²) < 4.78 is 7.43. The lowest BCUT2D eigenvalue weighted by Gasteiger charge is -2.12. The predicted octanol–water partition coefficient (Wildman–Crippen LogP) is 3.40. The fraction of sp³-hybridized carbons (Fsp3) is 0.312. The first-order chi connectivity index (χ1) is 10.2. The van der Waals surface area contributed by atoms with E-state index >= 15 is 0 Å². The highest BCUT2D eigenvalue weighted by atomic mass is 32.1. The minimum Gasteiger partial charge on any atom is -0.495 e. The van der Waals surface area contributed by atoms with Crippen LogP contribution in [0.1, 0.15) is 23.7 Å². The molecule has 2 heterocycles. The maximum atomic E-state index is 10.5. The van der Waals surface area contributed by atoms with Gasteiger partial charge in [-0.3, -0.25) is 0 Å². The van der Waals surface area contributed by atoms with Crippen LogP contribution in [0.5, 0.6) is 5.75 Å². The number of nitrogens with zero attached hydrogens (tertiary/aromatic N) is 2. The lowest BCUT2D eigenvalue weighted by Crippen LogP contribution is -2.08. The molecule has 0 aliphatic rings. The monoisotopic (exact) mass is 302 g/mol. The average molecular weight is 302 g/mol. The second-order valence-corrected chi connectivity index (χ2v) is 5.78. The molecule has 4 nitrogen and oxygen atoms in total. The smallest absolute Gasteiger partial charge is 0.135 e. The van der Waals surface area contributed by atoms with Crippen LogP contribution in [0.3, 0.4) is 0 Å². The Balaban J connectivity index is 1.94. The van der Waals surface area contributed by atoms with Gasteiger partial charge in [0.2, 0.25) is 0 Å². The summed E-state index contributed by atoms with van der Waals surface area (Å²) in [6.07, 6.45) is -0.110. The quantitative estimate of drug-likeness (QED) is 0.785. The van der Waals surface area contributed by atoms with Crippen molar-refractivity contribution >= 4 is 22.4 Å². The highest BCUT2D eigenvalue weighted by molar-refractivity contribution is 7.10. The number of ether oxygens (including phenoxy) is 1. The second-order valence-electron chi connectivity index (χ2n) is 4.83. The van der Waals surface area contributed by atoms with Crippen LogP contribution in [0.15, 0.2) is 35.7 Å². The molecule has 3 rings (SSSR count). The van der Waals surface area contributed by atoms with Gasteiger partial charge < -0.3 is 14.4 Å². The molecular formula is C16H18N2O2S. The molecule has 3 aromatic rings. The molecular weight excluding hydrogens is 284 g/mol. The van der Waals surface area contributed by atoms with Crippen molar-refractivity contribution in [1.82, 2.24) is 9.55 Å². The van der Waals surface area contributed by atoms with E-state index in [4.69, 9.17) is 4.74 Å². The number of para-hydroxylation sites is 2. The van der Waals surface area contributed by atoms with E-state index in [2.05, 4.69) is 22.5 Å². The first-order valence-electron chi connectivity index (χ1n) is 6.98. The topological polar surface area (TPSA) is 47.3 Å². The molecule has 0 radical (unpaired) electrons. The van der Waals surface area contributed by atoms with Crippen molar-refractivity contribution in [2.24, 2.45) is 0 Å². The van der Waals surface area contributed by atoms with Crippen molar-refractivity contribution in [3.05, 3.63) is 46.4 Å². The third kappa shape index (κ3) is 2.54. The molecule has 0 fully saturated rings. The summed E-state index contributed by atoms with van der Waals surface area (Å²) in [6.45, 7) is 2.93. The minimum atomic E-state index is -0.595. The van der Waals surface area contributed by atoms with Gasteiger partial charge in [-0.2, -0.15) is 0 Å². The number of hydrogen-bond acceptors (Lipinski definition) is 4. The predicted molar refractivity (Wildman–Crippen MR) is 84.9 cm³/mol. The first kappa shape index (κ1) is 14.1. The number of aromatic nitrogens is 2. The van der Waals surface area contributed by atoms with E-state index in [1.165, 1.54) is 11.3 Å². The number of methoxy groups -OCH3 is 1. The van der Waals surface area contributed by atoms with Crippen LogP contribution in [0.2, 0.25) is 0 Å². The van der Waals surface area contributed by atoms with Crippen LogP contribution in [0.25, 0.3) is 11.0 Å². The van der Waals surface area contributed by atoms with Crippen molar-refractivity contribution in [3.63, 3.8) is 0 Å².